The van der Waals surface area contributed by atoms with Crippen LogP contribution in [-0.2, 0) is 25.7 Å². The lowest BCUT2D eigenvalue weighted by atomic mass is 10.1. The summed E-state index contributed by atoms with van der Waals surface area (Å²) in [6.07, 6.45) is 4.79. The van der Waals surface area contributed by atoms with Gasteiger partial charge in [-0.2, -0.15) is 0 Å². The van der Waals surface area contributed by atoms with Crippen LogP contribution in [0, 0.1) is 0 Å². The van der Waals surface area contributed by atoms with Crippen molar-refractivity contribution in [2.24, 2.45) is 0 Å². The second-order valence-corrected chi connectivity index (χ2v) is 8.37. The molecule has 1 N–H and O–H groups in total. The summed E-state index contributed by atoms with van der Waals surface area (Å²) in [5, 5.41) is 2.60. The number of nitrogens with one attached hydrogen (secondary N) is 1. The molecular weight excluding hydrogens is 372 g/mol. The van der Waals surface area contributed by atoms with Crippen LogP contribution in [0.2, 0.25) is 0 Å². The van der Waals surface area contributed by atoms with Gasteiger partial charge in [-0.3, -0.25) is 4.79 Å². The quantitative estimate of drug-likeness (QED) is 0.620. The summed E-state index contributed by atoms with van der Waals surface area (Å²) in [7, 11) is 0. The fourth-order valence-corrected chi connectivity index (χ4v) is 3.66. The molecule has 0 bridgehead atoms. The molecule has 0 radical (unpaired) electrons. The second kappa shape index (κ2) is 8.68. The molecule has 0 aromatic heterocycles. The minimum Gasteiger partial charge on any atom is -0.459 e. The van der Waals surface area contributed by atoms with E-state index >= 15 is 0 Å². The first-order valence-electron chi connectivity index (χ1n) is 9.93. The van der Waals surface area contributed by atoms with E-state index in [0.717, 1.165) is 12.0 Å². The van der Waals surface area contributed by atoms with Crippen LogP contribution in [0.15, 0.2) is 42.5 Å². The summed E-state index contributed by atoms with van der Waals surface area (Å²) < 4.78 is 10.7. The highest BCUT2D eigenvalue weighted by atomic mass is 16.6. The lowest BCUT2D eigenvalue weighted by Gasteiger charge is -2.30. The highest BCUT2D eigenvalue weighted by molar-refractivity contribution is 5.92. The van der Waals surface area contributed by atoms with Crippen molar-refractivity contribution in [1.29, 1.82) is 0 Å². The first kappa shape index (κ1) is 20.9. The standard InChI is InChI=1S/C22H28N2O5/c1-22(2,3)29-21(27)23-17-11-7-10-16-12-13-18(24(16)19(17)25)20(26)28-14-15-8-5-4-6-9-15/h4-9,11,16-18H,10,12-14H2,1-3H3,(H,23,27)/t16-,17-,18-/m0/s1. The van der Waals surface area contributed by atoms with E-state index in [2.05, 4.69) is 5.32 Å². The monoisotopic (exact) mass is 400 g/mol. The number of carbonyl (C=O) groups excluding carboxylic acids is 3. The molecule has 7 nitrogen and oxygen atoms in total. The number of rotatable bonds is 4. The predicted octanol–water partition coefficient (Wildman–Crippen LogP) is 2.94. The predicted molar refractivity (Wildman–Crippen MR) is 107 cm³/mol. The maximum Gasteiger partial charge on any atom is 0.408 e. The van der Waals surface area contributed by atoms with Crippen molar-refractivity contribution in [2.75, 3.05) is 0 Å². The normalized spacial score (nSPS) is 23.9. The van der Waals surface area contributed by atoms with Crippen LogP contribution in [0.1, 0.15) is 45.6 Å². The Kier molecular flexibility index (Phi) is 6.25. The minimum atomic E-state index is -0.864. The molecule has 1 aromatic carbocycles. The van der Waals surface area contributed by atoms with Gasteiger partial charge in [0.05, 0.1) is 0 Å². The maximum absolute atomic E-state index is 13.1. The molecule has 2 aliphatic heterocycles. The first-order valence-corrected chi connectivity index (χ1v) is 9.93. The number of benzene rings is 1. The van der Waals surface area contributed by atoms with Crippen LogP contribution in [0.5, 0.6) is 0 Å². The average molecular weight is 400 g/mol. The van der Waals surface area contributed by atoms with E-state index in [-0.39, 0.29) is 18.6 Å². The topological polar surface area (TPSA) is 84.9 Å². The first-order chi connectivity index (χ1) is 13.7. The Hall–Kier alpha value is -2.83. The lowest BCUT2D eigenvalue weighted by molar-refractivity contribution is -0.155. The molecule has 0 aliphatic carbocycles. The minimum absolute atomic E-state index is 0.0709. The van der Waals surface area contributed by atoms with Gasteiger partial charge in [-0.15, -0.1) is 0 Å². The molecule has 29 heavy (non-hydrogen) atoms. The van der Waals surface area contributed by atoms with Crippen molar-refractivity contribution in [3.63, 3.8) is 0 Å². The Bertz CT molecular complexity index is 784. The number of amides is 2. The van der Waals surface area contributed by atoms with Gasteiger partial charge >= 0.3 is 12.1 Å². The van der Waals surface area contributed by atoms with Crippen molar-refractivity contribution >= 4 is 18.0 Å². The number of carbonyl (C=O) groups is 3. The number of ether oxygens (including phenoxy) is 2. The second-order valence-electron chi connectivity index (χ2n) is 8.37. The van der Waals surface area contributed by atoms with Gasteiger partial charge in [0.2, 0.25) is 5.91 Å². The summed E-state index contributed by atoms with van der Waals surface area (Å²) >= 11 is 0. The maximum atomic E-state index is 13.1. The molecule has 156 valence electrons. The molecule has 3 atom stereocenters. The van der Waals surface area contributed by atoms with E-state index in [0.29, 0.717) is 12.8 Å². The third-order valence-electron chi connectivity index (χ3n) is 4.93. The van der Waals surface area contributed by atoms with Gasteiger partial charge in [0.1, 0.15) is 24.3 Å². The summed E-state index contributed by atoms with van der Waals surface area (Å²) in [5.74, 6) is -0.726. The molecule has 2 heterocycles. The molecule has 0 spiro atoms. The van der Waals surface area contributed by atoms with Crippen LogP contribution in [0.25, 0.3) is 0 Å². The molecule has 2 aliphatic rings. The van der Waals surface area contributed by atoms with Gasteiger partial charge in [-0.05, 0) is 45.6 Å². The van der Waals surface area contributed by atoms with Crippen LogP contribution in [0.4, 0.5) is 4.79 Å². The molecule has 3 rings (SSSR count). The lowest BCUT2D eigenvalue weighted by Crippen LogP contribution is -2.53. The number of hydrogen-bond donors (Lipinski definition) is 1. The fourth-order valence-electron chi connectivity index (χ4n) is 3.66. The van der Waals surface area contributed by atoms with E-state index in [9.17, 15) is 14.4 Å². The zero-order chi connectivity index (χ0) is 21.0. The summed E-state index contributed by atoms with van der Waals surface area (Å²) in [5.41, 5.74) is 0.227. The molecule has 2 amide bonds. The Labute approximate surface area is 171 Å². The molecule has 1 saturated heterocycles. The summed E-state index contributed by atoms with van der Waals surface area (Å²) in [6, 6.07) is 7.85. The van der Waals surface area contributed by atoms with Crippen LogP contribution < -0.4 is 5.32 Å². The zero-order valence-electron chi connectivity index (χ0n) is 17.1. The van der Waals surface area contributed by atoms with Crippen molar-refractivity contribution in [3.05, 3.63) is 48.0 Å². The summed E-state index contributed by atoms with van der Waals surface area (Å²) in [4.78, 5) is 39.5. The van der Waals surface area contributed by atoms with E-state index in [1.807, 2.05) is 36.4 Å². The van der Waals surface area contributed by atoms with Gasteiger partial charge < -0.3 is 19.7 Å². The van der Waals surface area contributed by atoms with Crippen molar-refractivity contribution in [3.8, 4) is 0 Å². The smallest absolute Gasteiger partial charge is 0.408 e. The molecule has 0 unspecified atom stereocenters. The molecule has 0 saturated carbocycles. The third kappa shape index (κ3) is 5.37. The van der Waals surface area contributed by atoms with Crippen LogP contribution in [-0.4, -0.2) is 46.6 Å². The Morgan fingerprint density at radius 1 is 1.17 bits per heavy atom. The van der Waals surface area contributed by atoms with E-state index in [4.69, 9.17) is 9.47 Å². The van der Waals surface area contributed by atoms with Gasteiger partial charge in [-0.25, -0.2) is 9.59 Å². The highest BCUT2D eigenvalue weighted by Gasteiger charge is 2.44. The van der Waals surface area contributed by atoms with Crippen LogP contribution >= 0.6 is 0 Å². The van der Waals surface area contributed by atoms with Gasteiger partial charge in [-0.1, -0.05) is 42.5 Å². The number of fused-ring (bicyclic) bond motifs is 1. The van der Waals surface area contributed by atoms with E-state index < -0.39 is 29.7 Å². The van der Waals surface area contributed by atoms with Crippen LogP contribution in [0.3, 0.4) is 0 Å². The Balaban J connectivity index is 1.66. The van der Waals surface area contributed by atoms with Gasteiger partial charge in [0.25, 0.3) is 0 Å². The van der Waals surface area contributed by atoms with Gasteiger partial charge in [0.15, 0.2) is 0 Å². The number of alkyl carbamates (subject to hydrolysis) is 1. The fraction of sp³-hybridized carbons (Fsp3) is 0.500. The van der Waals surface area contributed by atoms with Crippen molar-refractivity contribution < 1.29 is 23.9 Å². The largest absolute Gasteiger partial charge is 0.459 e. The third-order valence-corrected chi connectivity index (χ3v) is 4.93. The number of hydrogen-bond acceptors (Lipinski definition) is 5. The average Bonchev–Trinajstić information content (AvgIpc) is 3.01. The Morgan fingerprint density at radius 2 is 1.90 bits per heavy atom. The highest BCUT2D eigenvalue weighted by Crippen LogP contribution is 2.30. The summed E-state index contributed by atoms with van der Waals surface area (Å²) in [6.45, 7) is 5.44. The van der Waals surface area contributed by atoms with Crippen molar-refractivity contribution in [2.45, 2.75) is 70.4 Å². The molecule has 7 heteroatoms. The van der Waals surface area contributed by atoms with E-state index in [1.165, 1.54) is 0 Å². The Morgan fingerprint density at radius 3 is 2.59 bits per heavy atom. The number of esters is 1. The SMILES string of the molecule is CC(C)(C)OC(=O)N[C@H]1C=CC[C@H]2CC[C@@H](C(=O)OCc3ccccc3)N2C1=O. The molecular formula is C22H28N2O5. The number of nitrogens with zero attached hydrogens (tertiary/aromatic N) is 1. The van der Waals surface area contributed by atoms with E-state index in [1.54, 1.807) is 31.7 Å². The zero-order valence-corrected chi connectivity index (χ0v) is 17.1. The molecule has 1 fully saturated rings. The molecule has 1 aromatic rings. The van der Waals surface area contributed by atoms with Gasteiger partial charge in [0, 0.05) is 6.04 Å². The van der Waals surface area contributed by atoms with Crippen molar-refractivity contribution in [1.82, 2.24) is 10.2 Å².